The molecule has 0 saturated heterocycles. The van der Waals surface area contributed by atoms with E-state index in [1.807, 2.05) is 6.92 Å². The van der Waals surface area contributed by atoms with Crippen molar-refractivity contribution < 1.29 is 13.3 Å². The number of nitrogens with two attached hydrogens (primary N) is 1. The Morgan fingerprint density at radius 3 is 2.40 bits per heavy atom. The van der Waals surface area contributed by atoms with E-state index in [0.717, 1.165) is 30.2 Å². The largest absolute Gasteiger partial charge is 0.397 e. The number of sulfonamides is 1. The van der Waals surface area contributed by atoms with Crippen LogP contribution in [-0.2, 0) is 14.9 Å². The van der Waals surface area contributed by atoms with E-state index in [9.17, 15) is 8.42 Å². The molecule has 0 aliphatic carbocycles. The Hall–Kier alpha value is -0.530. The molecule has 1 aromatic carbocycles. The molecule has 0 heterocycles. The van der Waals surface area contributed by atoms with Crippen molar-refractivity contribution in [2.45, 2.75) is 57.8 Å². The van der Waals surface area contributed by atoms with Gasteiger partial charge < -0.3 is 5.73 Å². The lowest BCUT2D eigenvalue weighted by molar-refractivity contribution is -0.100. The average Bonchev–Trinajstić information content (AvgIpc) is 2.56. The van der Waals surface area contributed by atoms with Gasteiger partial charge in [-0.3, -0.25) is 4.84 Å². The van der Waals surface area contributed by atoms with Crippen molar-refractivity contribution in [2.24, 2.45) is 5.92 Å². The van der Waals surface area contributed by atoms with Gasteiger partial charge >= 0.3 is 0 Å². The first-order valence-corrected chi connectivity index (χ1v) is 10.9. The highest BCUT2D eigenvalue weighted by molar-refractivity contribution is 7.89. The van der Waals surface area contributed by atoms with Gasteiger partial charge in [-0.1, -0.05) is 67.7 Å². The van der Waals surface area contributed by atoms with E-state index in [-0.39, 0.29) is 27.2 Å². The number of hydrogen-bond acceptors (Lipinski definition) is 4. The number of rotatable bonds is 11. The minimum Gasteiger partial charge on any atom is -0.397 e. The number of hydroxylamine groups is 1. The number of benzene rings is 1. The van der Waals surface area contributed by atoms with E-state index in [2.05, 4.69) is 13.8 Å². The lowest BCUT2D eigenvalue weighted by Crippen LogP contribution is -2.34. The number of hydrogen-bond donors (Lipinski definition) is 1. The van der Waals surface area contributed by atoms with Gasteiger partial charge in [-0.05, 0) is 30.9 Å². The zero-order valence-electron chi connectivity index (χ0n) is 15.1. The second-order valence-corrected chi connectivity index (χ2v) is 8.66. The predicted octanol–water partition coefficient (Wildman–Crippen LogP) is 5.12. The van der Waals surface area contributed by atoms with Crippen LogP contribution in [0.5, 0.6) is 0 Å². The Kier molecular flexibility index (Phi) is 9.52. The summed E-state index contributed by atoms with van der Waals surface area (Å²) in [6.45, 7) is 6.70. The molecule has 0 fully saturated rings. The molecule has 0 amide bonds. The first-order valence-electron chi connectivity index (χ1n) is 8.67. The second-order valence-electron chi connectivity index (χ2n) is 6.05. The van der Waals surface area contributed by atoms with Crippen LogP contribution in [-0.4, -0.2) is 26.0 Å². The van der Waals surface area contributed by atoms with Gasteiger partial charge in [-0.2, -0.15) is 0 Å². The first-order chi connectivity index (χ1) is 11.8. The maximum atomic E-state index is 12.9. The molecule has 1 unspecified atom stereocenters. The molecule has 0 aliphatic heterocycles. The van der Waals surface area contributed by atoms with Crippen LogP contribution < -0.4 is 5.73 Å². The van der Waals surface area contributed by atoms with Crippen molar-refractivity contribution in [3.63, 3.8) is 0 Å². The van der Waals surface area contributed by atoms with Crippen LogP contribution in [0.4, 0.5) is 5.69 Å². The third kappa shape index (κ3) is 6.29. The van der Waals surface area contributed by atoms with Crippen LogP contribution in [0, 0.1) is 5.92 Å². The summed E-state index contributed by atoms with van der Waals surface area (Å²) >= 11 is 12.1. The molecule has 25 heavy (non-hydrogen) atoms. The van der Waals surface area contributed by atoms with Gasteiger partial charge in [0, 0.05) is 6.54 Å². The molecule has 5 nitrogen and oxygen atoms in total. The summed E-state index contributed by atoms with van der Waals surface area (Å²) in [6.07, 6.45) is 4.77. The monoisotopic (exact) mass is 410 g/mol. The fraction of sp³-hybridized carbons (Fsp3) is 0.647. The van der Waals surface area contributed by atoms with Crippen molar-refractivity contribution in [2.75, 3.05) is 18.9 Å². The van der Waals surface area contributed by atoms with Crippen molar-refractivity contribution in [3.05, 3.63) is 22.2 Å². The molecular weight excluding hydrogens is 383 g/mol. The zero-order valence-corrected chi connectivity index (χ0v) is 17.4. The third-order valence-electron chi connectivity index (χ3n) is 4.00. The fourth-order valence-electron chi connectivity index (χ4n) is 2.37. The topological polar surface area (TPSA) is 72.6 Å². The van der Waals surface area contributed by atoms with E-state index >= 15 is 0 Å². The van der Waals surface area contributed by atoms with Gasteiger partial charge in [0.05, 0.1) is 22.3 Å². The summed E-state index contributed by atoms with van der Waals surface area (Å²) in [5.74, 6) is 0.319. The van der Waals surface area contributed by atoms with Crippen LogP contribution in [0.15, 0.2) is 17.0 Å². The highest BCUT2D eigenvalue weighted by Gasteiger charge is 2.29. The van der Waals surface area contributed by atoms with E-state index in [1.165, 1.54) is 12.1 Å². The number of unbranched alkanes of at least 4 members (excludes halogenated alkanes) is 1. The van der Waals surface area contributed by atoms with Crippen molar-refractivity contribution >= 4 is 38.9 Å². The number of nitrogens with zero attached hydrogens (tertiary/aromatic N) is 1. The molecule has 1 aromatic rings. The van der Waals surface area contributed by atoms with Gasteiger partial charge in [0.25, 0.3) is 10.0 Å². The maximum Gasteiger partial charge on any atom is 0.266 e. The molecule has 0 aromatic heterocycles. The molecule has 0 saturated carbocycles. The number of nitrogen functional groups attached to an aromatic ring is 1. The Labute approximate surface area is 161 Å². The summed E-state index contributed by atoms with van der Waals surface area (Å²) in [7, 11) is -3.92. The molecule has 0 spiro atoms. The summed E-state index contributed by atoms with van der Waals surface area (Å²) in [6, 6.07) is 2.62. The van der Waals surface area contributed by atoms with Crippen LogP contribution in [0.2, 0.25) is 10.0 Å². The van der Waals surface area contributed by atoms with Crippen LogP contribution in [0.3, 0.4) is 0 Å². The Morgan fingerprint density at radius 2 is 1.84 bits per heavy atom. The second kappa shape index (κ2) is 10.6. The smallest absolute Gasteiger partial charge is 0.266 e. The molecule has 0 bridgehead atoms. The molecule has 1 atom stereocenters. The standard InChI is InChI=1S/C17H28Cl2N2O3S/c1-4-7-8-13(6-3)12-24-21(9-5-2)25(22,23)17-11-14(18)16(20)10-15(17)19/h10-11,13H,4-9,12,20H2,1-3H3. The number of halogens is 2. The third-order valence-corrected chi connectivity index (χ3v) is 6.47. The molecule has 1 rings (SSSR count). The molecule has 8 heteroatoms. The van der Waals surface area contributed by atoms with Crippen LogP contribution in [0.25, 0.3) is 0 Å². The van der Waals surface area contributed by atoms with E-state index < -0.39 is 10.0 Å². The first kappa shape index (κ1) is 22.5. The minimum atomic E-state index is -3.92. The molecule has 0 radical (unpaired) electrons. The SMILES string of the molecule is CCCCC(CC)CON(CCC)S(=O)(=O)c1cc(Cl)c(N)cc1Cl. The van der Waals surface area contributed by atoms with Crippen molar-refractivity contribution in [3.8, 4) is 0 Å². The minimum absolute atomic E-state index is 0.0321. The van der Waals surface area contributed by atoms with Crippen LogP contribution in [0.1, 0.15) is 52.9 Å². The van der Waals surface area contributed by atoms with E-state index in [0.29, 0.717) is 18.9 Å². The van der Waals surface area contributed by atoms with Gasteiger partial charge in [0.15, 0.2) is 0 Å². The predicted molar refractivity (Wildman–Crippen MR) is 104 cm³/mol. The van der Waals surface area contributed by atoms with Gasteiger partial charge in [-0.25, -0.2) is 8.42 Å². The highest BCUT2D eigenvalue weighted by Crippen LogP contribution is 2.32. The van der Waals surface area contributed by atoms with Crippen molar-refractivity contribution in [1.29, 1.82) is 0 Å². The fourth-order valence-corrected chi connectivity index (χ4v) is 4.48. The van der Waals surface area contributed by atoms with E-state index in [4.69, 9.17) is 33.8 Å². The van der Waals surface area contributed by atoms with E-state index in [1.54, 1.807) is 0 Å². The summed E-state index contributed by atoms with van der Waals surface area (Å²) in [4.78, 5) is 5.60. The maximum absolute atomic E-state index is 12.9. The highest BCUT2D eigenvalue weighted by atomic mass is 35.5. The average molecular weight is 411 g/mol. The Bertz CT molecular complexity index is 654. The zero-order chi connectivity index (χ0) is 19.0. The molecule has 144 valence electrons. The summed E-state index contributed by atoms with van der Waals surface area (Å²) in [5.41, 5.74) is 5.91. The van der Waals surface area contributed by atoms with Gasteiger partial charge in [-0.15, -0.1) is 0 Å². The quantitative estimate of drug-likeness (QED) is 0.405. The summed E-state index contributed by atoms with van der Waals surface area (Å²) in [5, 5.41) is 0.179. The Morgan fingerprint density at radius 1 is 1.16 bits per heavy atom. The van der Waals surface area contributed by atoms with Crippen LogP contribution >= 0.6 is 23.2 Å². The Balaban J connectivity index is 3.01. The van der Waals surface area contributed by atoms with Gasteiger partial charge in [0.1, 0.15) is 4.90 Å². The number of anilines is 1. The molecule has 0 aliphatic rings. The lowest BCUT2D eigenvalue weighted by atomic mass is 10.0. The van der Waals surface area contributed by atoms with Gasteiger partial charge in [0.2, 0.25) is 0 Å². The summed E-state index contributed by atoms with van der Waals surface area (Å²) < 4.78 is 26.9. The van der Waals surface area contributed by atoms with Crippen molar-refractivity contribution in [1.82, 2.24) is 4.47 Å². The molecule has 2 N–H and O–H groups in total. The lowest BCUT2D eigenvalue weighted by Gasteiger charge is -2.24. The normalized spacial score (nSPS) is 13.4. The molecular formula is C17H28Cl2N2O3S.